The van der Waals surface area contributed by atoms with Gasteiger partial charge in [0.25, 0.3) is 0 Å². The van der Waals surface area contributed by atoms with Crippen LogP contribution in [0.5, 0.6) is 5.75 Å². The number of nitrogens with zero attached hydrogens (tertiary/aromatic N) is 1. The number of hydrogen-bond acceptors (Lipinski definition) is 2. The molecule has 1 amide bonds. The van der Waals surface area contributed by atoms with Gasteiger partial charge in [-0.2, -0.15) is 0 Å². The number of phenols is 1. The molecule has 1 aliphatic rings. The zero-order valence-corrected chi connectivity index (χ0v) is 22.7. The highest BCUT2D eigenvalue weighted by Crippen LogP contribution is 2.44. The van der Waals surface area contributed by atoms with Crippen LogP contribution in [0.1, 0.15) is 99.8 Å². The Morgan fingerprint density at radius 3 is 1.75 bits per heavy atom. The summed E-state index contributed by atoms with van der Waals surface area (Å²) in [4.78, 5) is 15.4. The number of hydrogen-bond donors (Lipinski definition) is 1. The van der Waals surface area contributed by atoms with Crippen LogP contribution in [-0.2, 0) is 15.6 Å². The summed E-state index contributed by atoms with van der Waals surface area (Å²) in [5, 5.41) is 11.5. The predicted molar refractivity (Wildman–Crippen MR) is 137 cm³/mol. The molecule has 0 saturated heterocycles. The van der Waals surface area contributed by atoms with E-state index in [1.807, 2.05) is 7.05 Å². The van der Waals surface area contributed by atoms with Gasteiger partial charge >= 0.3 is 0 Å². The molecule has 0 radical (unpaired) electrons. The number of aromatic hydroxyl groups is 1. The topological polar surface area (TPSA) is 40.5 Å². The molecule has 0 spiro atoms. The molecule has 1 N–H and O–H groups in total. The summed E-state index contributed by atoms with van der Waals surface area (Å²) in [6.07, 6.45) is 4.25. The van der Waals surface area contributed by atoms with Crippen molar-refractivity contribution >= 4 is 11.6 Å². The van der Waals surface area contributed by atoms with Crippen LogP contribution in [0.4, 0.5) is 0 Å². The number of carbonyl (C=O) groups is 1. The van der Waals surface area contributed by atoms with Gasteiger partial charge in [0.2, 0.25) is 5.91 Å². The summed E-state index contributed by atoms with van der Waals surface area (Å²) in [7, 11) is 1.84. The van der Waals surface area contributed by atoms with Crippen molar-refractivity contribution in [1.29, 1.82) is 0 Å². The fraction of sp³-hybridized carbons (Fsp3) is 0.621. The van der Waals surface area contributed by atoms with Gasteiger partial charge in [0.1, 0.15) is 5.75 Å². The summed E-state index contributed by atoms with van der Waals surface area (Å²) in [5.74, 6) is 0.0743. The van der Waals surface area contributed by atoms with Crippen molar-refractivity contribution in [1.82, 2.24) is 4.90 Å². The second-order valence-corrected chi connectivity index (χ2v) is 13.6. The standard InChI is InChI=1S/C29H45NO2/c1-26(2,3)18-14-20(24(31)21(15-18)28(7,8)9)23-17-19(27(4,5)6)16-22(29(10,11)12)25(32)30(23)13/h14-17,22,31H,1-13H3. The molecule has 1 aliphatic heterocycles. The molecule has 0 fully saturated rings. The number of phenolic OH excluding ortho intramolecular Hbond substituents is 1. The third-order valence-electron chi connectivity index (χ3n) is 6.46. The SMILES string of the molecule is CN1C(=O)C(C(C)(C)C)C=C(C(C)(C)C)C=C1c1cc(C(C)(C)C)cc(C(C)(C)C)c1O. The van der Waals surface area contributed by atoms with Crippen LogP contribution in [0.15, 0.2) is 29.9 Å². The molecule has 178 valence electrons. The number of rotatable bonds is 1. The first kappa shape index (κ1) is 26.2. The predicted octanol–water partition coefficient (Wildman–Crippen LogP) is 7.43. The first-order chi connectivity index (χ1) is 14.2. The lowest BCUT2D eigenvalue weighted by Gasteiger charge is -2.32. The molecule has 0 aromatic heterocycles. The lowest BCUT2D eigenvalue weighted by Crippen LogP contribution is -2.36. The maximum Gasteiger partial charge on any atom is 0.234 e. The van der Waals surface area contributed by atoms with Crippen molar-refractivity contribution in [2.75, 3.05) is 7.05 Å². The van der Waals surface area contributed by atoms with E-state index < -0.39 is 0 Å². The van der Waals surface area contributed by atoms with Crippen molar-refractivity contribution in [3.63, 3.8) is 0 Å². The van der Waals surface area contributed by atoms with Crippen LogP contribution in [0.25, 0.3) is 5.70 Å². The van der Waals surface area contributed by atoms with E-state index in [0.717, 1.165) is 28.0 Å². The summed E-state index contributed by atoms with van der Waals surface area (Å²) < 4.78 is 0. The Bertz CT molecular complexity index is 951. The number of amides is 1. The summed E-state index contributed by atoms with van der Waals surface area (Å²) in [5.41, 5.74) is 3.98. The number of allylic oxidation sites excluding steroid dienone is 2. The van der Waals surface area contributed by atoms with Gasteiger partial charge in [0.05, 0.1) is 11.6 Å². The fourth-order valence-electron chi connectivity index (χ4n) is 4.05. The molecule has 1 unspecified atom stereocenters. The van der Waals surface area contributed by atoms with E-state index in [2.05, 4.69) is 107 Å². The largest absolute Gasteiger partial charge is 0.507 e. The average molecular weight is 440 g/mol. The highest BCUT2D eigenvalue weighted by atomic mass is 16.3. The van der Waals surface area contributed by atoms with Crippen molar-refractivity contribution in [3.05, 3.63) is 46.5 Å². The Morgan fingerprint density at radius 1 is 0.812 bits per heavy atom. The van der Waals surface area contributed by atoms with Crippen LogP contribution in [-0.4, -0.2) is 23.0 Å². The molecule has 2 rings (SSSR count). The number of carbonyl (C=O) groups excluding carboxylic acids is 1. The lowest BCUT2D eigenvalue weighted by molar-refractivity contribution is -0.132. The van der Waals surface area contributed by atoms with Gasteiger partial charge < -0.3 is 10.0 Å². The van der Waals surface area contributed by atoms with Crippen LogP contribution in [0.3, 0.4) is 0 Å². The Balaban J connectivity index is 2.91. The van der Waals surface area contributed by atoms with E-state index in [4.69, 9.17) is 0 Å². The monoisotopic (exact) mass is 439 g/mol. The maximum atomic E-state index is 13.7. The van der Waals surface area contributed by atoms with Gasteiger partial charge in [-0.15, -0.1) is 0 Å². The van der Waals surface area contributed by atoms with Gasteiger partial charge in [0, 0.05) is 18.2 Å². The van der Waals surface area contributed by atoms with Gasteiger partial charge in [-0.05, 0) is 44.9 Å². The Labute approximate surface area is 196 Å². The van der Waals surface area contributed by atoms with E-state index in [9.17, 15) is 9.90 Å². The van der Waals surface area contributed by atoms with Crippen molar-refractivity contribution in [2.45, 2.75) is 93.9 Å². The van der Waals surface area contributed by atoms with Crippen LogP contribution in [0.2, 0.25) is 0 Å². The lowest BCUT2D eigenvalue weighted by atomic mass is 9.76. The second-order valence-electron chi connectivity index (χ2n) is 13.6. The van der Waals surface area contributed by atoms with Crippen molar-refractivity contribution < 1.29 is 9.90 Å². The molecule has 1 aromatic rings. The number of benzene rings is 1. The van der Waals surface area contributed by atoms with Gasteiger partial charge in [-0.1, -0.05) is 95.2 Å². The van der Waals surface area contributed by atoms with Gasteiger partial charge in [0.15, 0.2) is 0 Å². The molecule has 0 saturated carbocycles. The molecule has 1 aromatic carbocycles. The normalized spacial score (nSPS) is 19.0. The van der Waals surface area contributed by atoms with Crippen molar-refractivity contribution in [2.24, 2.45) is 16.7 Å². The average Bonchev–Trinajstić information content (AvgIpc) is 2.70. The third-order valence-corrected chi connectivity index (χ3v) is 6.46. The van der Waals surface area contributed by atoms with Crippen LogP contribution >= 0.6 is 0 Å². The summed E-state index contributed by atoms with van der Waals surface area (Å²) >= 11 is 0. The van der Waals surface area contributed by atoms with E-state index in [-0.39, 0.29) is 39.2 Å². The summed E-state index contributed by atoms with van der Waals surface area (Å²) in [6.45, 7) is 25.8. The van der Waals surface area contributed by atoms with Crippen LogP contribution in [0, 0.1) is 16.7 Å². The van der Waals surface area contributed by atoms with E-state index >= 15 is 0 Å². The maximum absolute atomic E-state index is 13.7. The first-order valence-electron chi connectivity index (χ1n) is 11.8. The molecule has 1 heterocycles. The molecule has 1 atom stereocenters. The molecule has 3 heteroatoms. The second kappa shape index (κ2) is 8.08. The summed E-state index contributed by atoms with van der Waals surface area (Å²) in [6, 6.07) is 4.19. The third kappa shape index (κ3) is 5.30. The van der Waals surface area contributed by atoms with Gasteiger partial charge in [-0.25, -0.2) is 0 Å². The minimum atomic E-state index is -0.245. The molecule has 32 heavy (non-hydrogen) atoms. The highest BCUT2D eigenvalue weighted by molar-refractivity contribution is 5.93. The molecular weight excluding hydrogens is 394 g/mol. The van der Waals surface area contributed by atoms with E-state index in [1.54, 1.807) is 4.90 Å². The van der Waals surface area contributed by atoms with Crippen LogP contribution < -0.4 is 0 Å². The molecular formula is C29H45NO2. The Kier molecular flexibility index (Phi) is 6.62. The fourth-order valence-corrected chi connectivity index (χ4v) is 4.05. The van der Waals surface area contributed by atoms with Crippen molar-refractivity contribution in [3.8, 4) is 5.75 Å². The molecule has 0 bridgehead atoms. The van der Waals surface area contributed by atoms with Gasteiger partial charge in [-0.3, -0.25) is 4.79 Å². The zero-order valence-electron chi connectivity index (χ0n) is 22.7. The molecule has 3 nitrogen and oxygen atoms in total. The Hall–Kier alpha value is -2.03. The smallest absolute Gasteiger partial charge is 0.234 e. The highest BCUT2D eigenvalue weighted by Gasteiger charge is 2.37. The first-order valence-corrected chi connectivity index (χ1v) is 11.8. The van der Waals surface area contributed by atoms with E-state index in [1.165, 1.54) is 0 Å². The quantitative estimate of drug-likeness (QED) is 0.494. The molecule has 0 aliphatic carbocycles. The Morgan fingerprint density at radius 2 is 1.34 bits per heavy atom. The van der Waals surface area contributed by atoms with E-state index in [0.29, 0.717) is 0 Å². The zero-order chi connectivity index (χ0) is 25.0. The minimum Gasteiger partial charge on any atom is -0.507 e. The minimum absolute atomic E-state index is 0.0564.